The van der Waals surface area contributed by atoms with Gasteiger partial charge in [-0.2, -0.15) is 0 Å². The van der Waals surface area contributed by atoms with Gasteiger partial charge < -0.3 is 10.2 Å². The number of fused-ring (bicyclic) bond motifs is 1. The molecule has 1 aromatic rings. The van der Waals surface area contributed by atoms with E-state index in [4.69, 9.17) is 0 Å². The predicted molar refractivity (Wildman–Crippen MR) is 62.1 cm³/mol. The maximum absolute atomic E-state index is 3.46. The molecule has 1 N–H and O–H groups in total. The average molecular weight is 200 g/mol. The smallest absolute Gasteiger partial charge is 0.0747 e. The van der Waals surface area contributed by atoms with Crippen LogP contribution in [-0.4, -0.2) is 23.0 Å². The Labute approximate surface area is 90.6 Å². The van der Waals surface area contributed by atoms with E-state index in [-0.39, 0.29) is 0 Å². The van der Waals surface area contributed by atoms with Crippen molar-refractivity contribution in [2.45, 2.75) is 25.4 Å². The molecule has 2 heteroatoms. The Hall–Kier alpha value is -1.44. The molecular formula is C13H16N2. The molecule has 2 aliphatic rings. The minimum atomic E-state index is 0.333. The number of nitrogens with zero attached hydrogens (tertiary/aromatic N) is 1. The summed E-state index contributed by atoms with van der Waals surface area (Å²) in [6.07, 6.45) is 2.15. The van der Waals surface area contributed by atoms with Crippen LogP contribution in [0.2, 0.25) is 0 Å². The van der Waals surface area contributed by atoms with Crippen molar-refractivity contribution in [2.24, 2.45) is 0 Å². The normalized spacial score (nSPS) is 32.8. The second kappa shape index (κ2) is 2.78. The number of hydrogen-bond donors (Lipinski definition) is 1. The van der Waals surface area contributed by atoms with Crippen LogP contribution in [0, 0.1) is 0 Å². The van der Waals surface area contributed by atoms with Gasteiger partial charge in [0.15, 0.2) is 0 Å². The van der Waals surface area contributed by atoms with Crippen molar-refractivity contribution in [1.29, 1.82) is 0 Å². The van der Waals surface area contributed by atoms with Gasteiger partial charge in [-0.3, -0.25) is 0 Å². The van der Waals surface area contributed by atoms with Crippen LogP contribution >= 0.6 is 0 Å². The molecule has 0 saturated carbocycles. The standard InChI is InChI=1S/C13H16N2/c1-10-13(2)9-15(13)12(8-14-10)11-6-4-3-5-7-11/h3-8,10,14H,9H2,1-2H3. The van der Waals surface area contributed by atoms with Crippen LogP contribution in [0.4, 0.5) is 0 Å². The van der Waals surface area contributed by atoms with Crippen LogP contribution in [-0.2, 0) is 0 Å². The molecule has 2 atom stereocenters. The van der Waals surface area contributed by atoms with Crippen molar-refractivity contribution in [3.63, 3.8) is 0 Å². The fraction of sp³-hybridized carbons (Fsp3) is 0.385. The Balaban J connectivity index is 1.97. The van der Waals surface area contributed by atoms with E-state index in [0.29, 0.717) is 11.6 Å². The molecule has 15 heavy (non-hydrogen) atoms. The highest BCUT2D eigenvalue weighted by Gasteiger charge is 2.54. The maximum Gasteiger partial charge on any atom is 0.0747 e. The molecule has 2 unspecified atom stereocenters. The molecule has 2 nitrogen and oxygen atoms in total. The van der Waals surface area contributed by atoms with E-state index in [1.807, 2.05) is 0 Å². The lowest BCUT2D eigenvalue weighted by molar-refractivity contribution is 0.411. The van der Waals surface area contributed by atoms with E-state index in [9.17, 15) is 0 Å². The van der Waals surface area contributed by atoms with Crippen LogP contribution in [0.15, 0.2) is 36.5 Å². The van der Waals surface area contributed by atoms with Crippen molar-refractivity contribution in [3.8, 4) is 0 Å². The van der Waals surface area contributed by atoms with E-state index >= 15 is 0 Å². The summed E-state index contributed by atoms with van der Waals surface area (Å²) in [5.41, 5.74) is 2.97. The SMILES string of the molecule is CC1NC=C(c2ccccc2)N2CC12C. The van der Waals surface area contributed by atoms with Crippen molar-refractivity contribution in [1.82, 2.24) is 10.2 Å². The lowest BCUT2D eigenvalue weighted by Gasteiger charge is -2.28. The summed E-state index contributed by atoms with van der Waals surface area (Å²) >= 11 is 0. The van der Waals surface area contributed by atoms with E-state index in [1.165, 1.54) is 17.8 Å². The molecule has 1 saturated heterocycles. The number of nitrogens with one attached hydrogen (secondary N) is 1. The van der Waals surface area contributed by atoms with Gasteiger partial charge >= 0.3 is 0 Å². The van der Waals surface area contributed by atoms with Gasteiger partial charge in [0.2, 0.25) is 0 Å². The Morgan fingerprint density at radius 1 is 1.33 bits per heavy atom. The molecule has 0 amide bonds. The average Bonchev–Trinajstić information content (AvgIpc) is 2.95. The molecule has 2 heterocycles. The fourth-order valence-electron chi connectivity index (χ4n) is 2.33. The van der Waals surface area contributed by atoms with Crippen molar-refractivity contribution >= 4 is 5.70 Å². The van der Waals surface area contributed by atoms with Gasteiger partial charge in [-0.25, -0.2) is 0 Å². The first kappa shape index (κ1) is 8.84. The van der Waals surface area contributed by atoms with E-state index in [2.05, 4.69) is 60.6 Å². The minimum Gasteiger partial charge on any atom is -0.384 e. The lowest BCUT2D eigenvalue weighted by atomic mass is 10.0. The van der Waals surface area contributed by atoms with E-state index in [1.54, 1.807) is 0 Å². The summed E-state index contributed by atoms with van der Waals surface area (Å²) < 4.78 is 0. The first-order valence-electron chi connectivity index (χ1n) is 5.51. The van der Waals surface area contributed by atoms with Gasteiger partial charge in [-0.1, -0.05) is 30.3 Å². The number of benzene rings is 1. The molecule has 0 aromatic heterocycles. The summed E-state index contributed by atoms with van der Waals surface area (Å²) in [6.45, 7) is 5.74. The van der Waals surface area contributed by atoms with Crippen molar-refractivity contribution in [2.75, 3.05) is 6.54 Å². The van der Waals surface area contributed by atoms with Crippen molar-refractivity contribution < 1.29 is 0 Å². The molecular weight excluding hydrogens is 184 g/mol. The predicted octanol–water partition coefficient (Wildman–Crippen LogP) is 2.05. The molecule has 78 valence electrons. The molecule has 0 aliphatic carbocycles. The Kier molecular flexibility index (Phi) is 1.64. The number of hydrogen-bond acceptors (Lipinski definition) is 2. The van der Waals surface area contributed by atoms with Crippen LogP contribution in [0.5, 0.6) is 0 Å². The van der Waals surface area contributed by atoms with Gasteiger partial charge in [0.1, 0.15) is 0 Å². The molecule has 1 aromatic carbocycles. The third-order valence-electron chi connectivity index (χ3n) is 3.75. The number of rotatable bonds is 1. The Morgan fingerprint density at radius 2 is 2.07 bits per heavy atom. The highest BCUT2D eigenvalue weighted by molar-refractivity contribution is 5.68. The third kappa shape index (κ3) is 1.17. The lowest BCUT2D eigenvalue weighted by Crippen LogP contribution is -2.41. The second-order valence-corrected chi connectivity index (χ2v) is 4.73. The maximum atomic E-state index is 3.46. The van der Waals surface area contributed by atoms with Crippen LogP contribution in [0.1, 0.15) is 19.4 Å². The highest BCUT2D eigenvalue weighted by atomic mass is 15.4. The van der Waals surface area contributed by atoms with Crippen LogP contribution in [0.3, 0.4) is 0 Å². The van der Waals surface area contributed by atoms with E-state index in [0.717, 1.165) is 0 Å². The Bertz CT molecular complexity index is 410. The summed E-state index contributed by atoms with van der Waals surface area (Å²) in [5, 5.41) is 3.46. The second-order valence-electron chi connectivity index (χ2n) is 4.73. The summed E-state index contributed by atoms with van der Waals surface area (Å²) in [4.78, 5) is 2.48. The zero-order chi connectivity index (χ0) is 10.5. The van der Waals surface area contributed by atoms with Gasteiger partial charge in [-0.05, 0) is 19.4 Å². The zero-order valence-corrected chi connectivity index (χ0v) is 9.20. The van der Waals surface area contributed by atoms with Gasteiger partial charge in [-0.15, -0.1) is 0 Å². The monoisotopic (exact) mass is 200 g/mol. The summed E-state index contributed by atoms with van der Waals surface area (Å²) in [7, 11) is 0. The molecule has 2 aliphatic heterocycles. The quantitative estimate of drug-likeness (QED) is 0.698. The molecule has 3 rings (SSSR count). The molecule has 1 fully saturated rings. The topological polar surface area (TPSA) is 15.0 Å². The molecule has 0 bridgehead atoms. The fourth-order valence-corrected chi connectivity index (χ4v) is 2.33. The first-order chi connectivity index (χ1) is 7.22. The van der Waals surface area contributed by atoms with Gasteiger partial charge in [0, 0.05) is 18.8 Å². The molecule has 0 spiro atoms. The van der Waals surface area contributed by atoms with E-state index < -0.39 is 0 Å². The first-order valence-corrected chi connectivity index (χ1v) is 5.51. The zero-order valence-electron chi connectivity index (χ0n) is 9.20. The summed E-state index contributed by atoms with van der Waals surface area (Å²) in [6, 6.07) is 11.1. The minimum absolute atomic E-state index is 0.333. The van der Waals surface area contributed by atoms with Crippen LogP contribution < -0.4 is 5.32 Å². The van der Waals surface area contributed by atoms with Crippen molar-refractivity contribution in [3.05, 3.63) is 42.1 Å². The van der Waals surface area contributed by atoms with Crippen LogP contribution in [0.25, 0.3) is 5.70 Å². The highest BCUT2D eigenvalue weighted by Crippen LogP contribution is 2.44. The molecule has 0 radical (unpaired) electrons. The Morgan fingerprint density at radius 3 is 2.80 bits per heavy atom. The summed E-state index contributed by atoms with van der Waals surface area (Å²) in [5.74, 6) is 0. The third-order valence-corrected chi connectivity index (χ3v) is 3.75. The van der Waals surface area contributed by atoms with Gasteiger partial charge in [0.05, 0.1) is 11.2 Å². The largest absolute Gasteiger partial charge is 0.384 e. The van der Waals surface area contributed by atoms with Gasteiger partial charge in [0.25, 0.3) is 0 Å².